The van der Waals surface area contributed by atoms with Crippen LogP contribution in [0.5, 0.6) is 0 Å². The van der Waals surface area contributed by atoms with Crippen molar-refractivity contribution in [1.82, 2.24) is 4.98 Å². The SMILES string of the molecule is O=C(Nc1ncc(Cc2ccccc2Br)s1)c1cc2ccccc2o1. The molecular formula is C19H13BrN2O2S. The molecule has 1 amide bonds. The number of carbonyl (C=O) groups excluding carboxylic acids is 1. The predicted molar refractivity (Wildman–Crippen MR) is 103 cm³/mol. The Morgan fingerprint density at radius 1 is 1.16 bits per heavy atom. The fraction of sp³-hybridized carbons (Fsp3) is 0.0526. The van der Waals surface area contributed by atoms with E-state index in [4.69, 9.17) is 4.42 Å². The van der Waals surface area contributed by atoms with Crippen LogP contribution in [0.2, 0.25) is 0 Å². The molecule has 2 heterocycles. The average Bonchev–Trinajstić information content (AvgIpc) is 3.23. The Morgan fingerprint density at radius 3 is 2.80 bits per heavy atom. The number of aromatic nitrogens is 1. The first-order valence-electron chi connectivity index (χ1n) is 7.67. The zero-order valence-corrected chi connectivity index (χ0v) is 15.4. The molecule has 0 aliphatic heterocycles. The number of benzene rings is 2. The molecular weight excluding hydrogens is 400 g/mol. The van der Waals surface area contributed by atoms with E-state index in [0.29, 0.717) is 10.7 Å². The lowest BCUT2D eigenvalue weighted by atomic mass is 10.1. The third-order valence-corrected chi connectivity index (χ3v) is 5.43. The van der Waals surface area contributed by atoms with E-state index >= 15 is 0 Å². The fourth-order valence-corrected chi connectivity index (χ4v) is 3.78. The van der Waals surface area contributed by atoms with Crippen LogP contribution in [0, 0.1) is 0 Å². The van der Waals surface area contributed by atoms with Gasteiger partial charge in [0.25, 0.3) is 5.91 Å². The molecule has 4 nitrogen and oxygen atoms in total. The molecule has 124 valence electrons. The van der Waals surface area contributed by atoms with Gasteiger partial charge in [0.15, 0.2) is 10.9 Å². The Kier molecular flexibility index (Phi) is 4.38. The molecule has 0 unspecified atom stereocenters. The van der Waals surface area contributed by atoms with E-state index in [1.807, 2.05) is 42.5 Å². The second-order valence-corrected chi connectivity index (χ2v) is 7.47. The number of amides is 1. The van der Waals surface area contributed by atoms with Crippen LogP contribution in [-0.2, 0) is 6.42 Å². The molecule has 2 aromatic carbocycles. The van der Waals surface area contributed by atoms with Crippen molar-refractivity contribution in [1.29, 1.82) is 0 Å². The third-order valence-electron chi connectivity index (χ3n) is 3.75. The van der Waals surface area contributed by atoms with Crippen LogP contribution in [0.1, 0.15) is 21.0 Å². The maximum absolute atomic E-state index is 12.4. The number of carbonyl (C=O) groups is 1. The number of furan rings is 1. The highest BCUT2D eigenvalue weighted by Crippen LogP contribution is 2.26. The molecule has 0 aliphatic rings. The summed E-state index contributed by atoms with van der Waals surface area (Å²) in [4.78, 5) is 17.7. The van der Waals surface area contributed by atoms with Gasteiger partial charge in [-0.2, -0.15) is 0 Å². The number of hydrogen-bond donors (Lipinski definition) is 1. The minimum atomic E-state index is -0.294. The number of halogens is 1. The summed E-state index contributed by atoms with van der Waals surface area (Å²) in [5, 5.41) is 4.27. The molecule has 0 spiro atoms. The van der Waals surface area contributed by atoms with Gasteiger partial charge >= 0.3 is 0 Å². The van der Waals surface area contributed by atoms with Crippen molar-refractivity contribution >= 4 is 49.3 Å². The highest BCUT2D eigenvalue weighted by molar-refractivity contribution is 9.10. The van der Waals surface area contributed by atoms with Crippen LogP contribution in [0.4, 0.5) is 5.13 Å². The Morgan fingerprint density at radius 2 is 1.96 bits per heavy atom. The summed E-state index contributed by atoms with van der Waals surface area (Å²) >= 11 is 5.01. The third kappa shape index (κ3) is 3.50. The largest absolute Gasteiger partial charge is 0.451 e. The topological polar surface area (TPSA) is 55.1 Å². The van der Waals surface area contributed by atoms with Gasteiger partial charge in [0.05, 0.1) is 0 Å². The van der Waals surface area contributed by atoms with E-state index in [-0.39, 0.29) is 11.7 Å². The van der Waals surface area contributed by atoms with E-state index in [2.05, 4.69) is 32.3 Å². The average molecular weight is 413 g/mol. The van der Waals surface area contributed by atoms with E-state index < -0.39 is 0 Å². The summed E-state index contributed by atoms with van der Waals surface area (Å²) in [6, 6.07) is 17.3. The van der Waals surface area contributed by atoms with Gasteiger partial charge in [-0.05, 0) is 23.8 Å². The molecule has 4 aromatic rings. The first kappa shape index (κ1) is 16.1. The molecule has 0 radical (unpaired) electrons. The van der Waals surface area contributed by atoms with Crippen LogP contribution >= 0.6 is 27.3 Å². The van der Waals surface area contributed by atoms with Gasteiger partial charge in [-0.25, -0.2) is 4.98 Å². The van der Waals surface area contributed by atoms with E-state index in [0.717, 1.165) is 21.2 Å². The Labute approximate surface area is 156 Å². The van der Waals surface area contributed by atoms with Crippen LogP contribution in [0.15, 0.2) is 69.7 Å². The van der Waals surface area contributed by atoms with Crippen molar-refractivity contribution in [3.05, 3.63) is 81.5 Å². The monoisotopic (exact) mass is 412 g/mol. The number of anilines is 1. The maximum atomic E-state index is 12.4. The van der Waals surface area contributed by atoms with Gasteiger partial charge in [-0.1, -0.05) is 52.3 Å². The zero-order chi connectivity index (χ0) is 17.2. The molecule has 0 saturated carbocycles. The van der Waals surface area contributed by atoms with Crippen molar-refractivity contribution in [3.63, 3.8) is 0 Å². The number of hydrogen-bond acceptors (Lipinski definition) is 4. The minimum Gasteiger partial charge on any atom is -0.451 e. The van der Waals surface area contributed by atoms with Crippen molar-refractivity contribution in [2.75, 3.05) is 5.32 Å². The summed E-state index contributed by atoms with van der Waals surface area (Å²) in [6.45, 7) is 0. The van der Waals surface area contributed by atoms with Crippen LogP contribution in [-0.4, -0.2) is 10.9 Å². The first-order chi connectivity index (χ1) is 12.2. The summed E-state index contributed by atoms with van der Waals surface area (Å²) in [5.41, 5.74) is 1.88. The number of nitrogens with one attached hydrogen (secondary N) is 1. The lowest BCUT2D eigenvalue weighted by molar-refractivity contribution is 0.0998. The Balaban J connectivity index is 1.49. The van der Waals surface area contributed by atoms with Gasteiger partial charge < -0.3 is 4.42 Å². The Hall–Kier alpha value is -2.44. The normalized spacial score (nSPS) is 10.9. The van der Waals surface area contributed by atoms with Crippen LogP contribution in [0.3, 0.4) is 0 Å². The number of nitrogens with zero attached hydrogens (tertiary/aromatic N) is 1. The van der Waals surface area contributed by atoms with Crippen molar-refractivity contribution in [3.8, 4) is 0 Å². The van der Waals surface area contributed by atoms with Gasteiger partial charge in [0, 0.05) is 27.4 Å². The number of thiazole rings is 1. The maximum Gasteiger partial charge on any atom is 0.293 e. The molecule has 0 bridgehead atoms. The molecule has 0 saturated heterocycles. The molecule has 25 heavy (non-hydrogen) atoms. The minimum absolute atomic E-state index is 0.281. The molecule has 0 aliphatic carbocycles. The summed E-state index contributed by atoms with van der Waals surface area (Å²) in [6.07, 6.45) is 2.55. The van der Waals surface area contributed by atoms with E-state index in [1.165, 1.54) is 16.9 Å². The number of rotatable bonds is 4. The zero-order valence-electron chi connectivity index (χ0n) is 13.0. The molecule has 0 fully saturated rings. The second-order valence-electron chi connectivity index (χ2n) is 5.50. The molecule has 1 N–H and O–H groups in total. The van der Waals surface area contributed by atoms with Crippen molar-refractivity contribution in [2.24, 2.45) is 0 Å². The van der Waals surface area contributed by atoms with Gasteiger partial charge in [0.2, 0.25) is 0 Å². The van der Waals surface area contributed by atoms with E-state index in [1.54, 1.807) is 12.3 Å². The molecule has 0 atom stereocenters. The smallest absolute Gasteiger partial charge is 0.293 e. The van der Waals surface area contributed by atoms with Crippen LogP contribution in [0.25, 0.3) is 11.0 Å². The molecule has 2 aromatic heterocycles. The highest BCUT2D eigenvalue weighted by Gasteiger charge is 2.14. The fourth-order valence-electron chi connectivity index (χ4n) is 2.53. The molecule has 4 rings (SSSR count). The van der Waals surface area contributed by atoms with Gasteiger partial charge in [0.1, 0.15) is 5.58 Å². The van der Waals surface area contributed by atoms with Gasteiger partial charge in [-0.15, -0.1) is 11.3 Å². The van der Waals surface area contributed by atoms with Crippen molar-refractivity contribution < 1.29 is 9.21 Å². The van der Waals surface area contributed by atoms with Crippen molar-refractivity contribution in [2.45, 2.75) is 6.42 Å². The molecule has 6 heteroatoms. The lowest BCUT2D eigenvalue weighted by Gasteiger charge is -2.01. The summed E-state index contributed by atoms with van der Waals surface area (Å²) in [7, 11) is 0. The first-order valence-corrected chi connectivity index (χ1v) is 9.28. The summed E-state index contributed by atoms with van der Waals surface area (Å²) < 4.78 is 6.64. The number of para-hydroxylation sites is 1. The standard InChI is InChI=1S/C19H13BrN2O2S/c20-15-7-3-1-5-12(15)9-14-11-21-19(25-14)22-18(23)17-10-13-6-2-4-8-16(13)24-17/h1-8,10-11H,9H2,(H,21,22,23). The predicted octanol–water partition coefficient (Wildman–Crippen LogP) is 5.49. The van der Waals surface area contributed by atoms with Gasteiger partial charge in [-0.3, -0.25) is 10.1 Å². The lowest BCUT2D eigenvalue weighted by Crippen LogP contribution is -2.10. The Bertz CT molecular complexity index is 1020. The summed E-state index contributed by atoms with van der Waals surface area (Å²) in [5.74, 6) is -0.0123. The van der Waals surface area contributed by atoms with Crippen LogP contribution < -0.4 is 5.32 Å². The van der Waals surface area contributed by atoms with E-state index in [9.17, 15) is 4.79 Å². The quantitative estimate of drug-likeness (QED) is 0.481. The highest BCUT2D eigenvalue weighted by atomic mass is 79.9. The number of fused-ring (bicyclic) bond motifs is 1. The second kappa shape index (κ2) is 6.82.